The van der Waals surface area contributed by atoms with Gasteiger partial charge >= 0.3 is 0 Å². The molecule has 31 heavy (non-hydrogen) atoms. The number of hydrogen-bond acceptors (Lipinski definition) is 4. The number of aromatic amines is 1. The average Bonchev–Trinajstić information content (AvgIpc) is 2.74. The molecule has 0 unspecified atom stereocenters. The van der Waals surface area contributed by atoms with Gasteiger partial charge in [-0.3, -0.25) is 14.5 Å². The molecule has 1 aliphatic carbocycles. The third-order valence-corrected chi connectivity index (χ3v) is 6.43. The zero-order valence-electron chi connectivity index (χ0n) is 17.5. The maximum absolute atomic E-state index is 13.0. The molecule has 2 atom stereocenters. The van der Waals surface area contributed by atoms with Crippen LogP contribution in [-0.2, 0) is 11.3 Å². The fourth-order valence-electron chi connectivity index (χ4n) is 5.07. The van der Waals surface area contributed by atoms with Crippen molar-refractivity contribution in [3.63, 3.8) is 0 Å². The zero-order valence-corrected chi connectivity index (χ0v) is 17.5. The number of benzene rings is 2. The Morgan fingerprint density at radius 3 is 2.61 bits per heavy atom. The minimum atomic E-state index is -0.181. The summed E-state index contributed by atoms with van der Waals surface area (Å²) < 4.78 is 0. The lowest BCUT2D eigenvalue weighted by Gasteiger charge is -2.52. The van der Waals surface area contributed by atoms with Crippen LogP contribution in [0.4, 0.5) is 5.69 Å². The lowest BCUT2D eigenvalue weighted by atomic mass is 9.61. The molecule has 1 aromatic heterocycles. The van der Waals surface area contributed by atoms with Crippen LogP contribution in [-0.4, -0.2) is 33.9 Å². The monoisotopic (exact) mass is 414 g/mol. The average molecular weight is 415 g/mol. The molecule has 1 saturated carbocycles. The summed E-state index contributed by atoms with van der Waals surface area (Å²) in [5, 5.41) is 3.10. The van der Waals surface area contributed by atoms with Gasteiger partial charge < -0.3 is 10.3 Å². The molecule has 6 nitrogen and oxygen atoms in total. The normalized spacial score (nSPS) is 22.5. The van der Waals surface area contributed by atoms with Crippen LogP contribution < -0.4 is 10.9 Å². The minimum Gasteiger partial charge on any atom is -0.326 e. The van der Waals surface area contributed by atoms with Gasteiger partial charge in [-0.05, 0) is 42.9 Å². The predicted octanol–water partition coefficient (Wildman–Crippen LogP) is 3.45. The first-order valence-electron chi connectivity index (χ1n) is 10.8. The van der Waals surface area contributed by atoms with Crippen molar-refractivity contribution in [2.75, 3.05) is 18.4 Å². The van der Waals surface area contributed by atoms with E-state index in [2.05, 4.69) is 44.5 Å². The lowest BCUT2D eigenvalue weighted by Crippen LogP contribution is -2.58. The third-order valence-electron chi connectivity index (χ3n) is 6.43. The second-order valence-electron chi connectivity index (χ2n) is 8.77. The number of aromatic nitrogens is 2. The highest BCUT2D eigenvalue weighted by molar-refractivity contribution is 5.94. The van der Waals surface area contributed by atoms with E-state index in [1.54, 1.807) is 6.92 Å². The van der Waals surface area contributed by atoms with Crippen molar-refractivity contribution in [2.45, 2.75) is 19.9 Å². The highest BCUT2D eigenvalue weighted by atomic mass is 16.2. The van der Waals surface area contributed by atoms with Gasteiger partial charge in [-0.2, -0.15) is 0 Å². The van der Waals surface area contributed by atoms with Crippen LogP contribution in [0.15, 0.2) is 65.5 Å². The van der Waals surface area contributed by atoms with Crippen molar-refractivity contribution in [1.82, 2.24) is 14.9 Å². The minimum absolute atomic E-state index is 0.0765. The predicted molar refractivity (Wildman–Crippen MR) is 120 cm³/mol. The summed E-state index contributed by atoms with van der Waals surface area (Å²) in [6, 6.07) is 19.5. The number of piperidine rings is 2. The molecule has 158 valence electrons. The Bertz CT molecular complexity index is 1150. The van der Waals surface area contributed by atoms with E-state index < -0.39 is 0 Å². The number of hydrogen-bond donors (Lipinski definition) is 2. The smallest absolute Gasteiger partial charge is 0.251 e. The Labute approximate surface area is 181 Å². The fourth-order valence-corrected chi connectivity index (χ4v) is 5.07. The van der Waals surface area contributed by atoms with E-state index in [-0.39, 0.29) is 17.4 Å². The van der Waals surface area contributed by atoms with E-state index in [4.69, 9.17) is 0 Å². The molecule has 2 aliphatic heterocycles. The van der Waals surface area contributed by atoms with Gasteiger partial charge in [0.2, 0.25) is 5.91 Å². The van der Waals surface area contributed by atoms with Crippen LogP contribution >= 0.6 is 0 Å². The molecule has 2 saturated heterocycles. The second kappa shape index (κ2) is 8.12. The zero-order chi connectivity index (χ0) is 21.4. The van der Waals surface area contributed by atoms with Crippen LogP contribution in [0.3, 0.4) is 0 Å². The van der Waals surface area contributed by atoms with Crippen LogP contribution in [0.5, 0.6) is 0 Å². The quantitative estimate of drug-likeness (QED) is 0.670. The Kier molecular flexibility index (Phi) is 5.16. The third kappa shape index (κ3) is 4.16. The molecule has 2 aromatic carbocycles. The second-order valence-corrected chi connectivity index (χ2v) is 8.77. The number of carbonyl (C=O) groups excluding carboxylic acids is 1. The van der Waals surface area contributed by atoms with Crippen molar-refractivity contribution in [1.29, 1.82) is 0 Å². The molecular weight excluding hydrogens is 388 g/mol. The number of rotatable bonds is 5. The summed E-state index contributed by atoms with van der Waals surface area (Å²) in [5.41, 5.74) is 3.32. The van der Waals surface area contributed by atoms with Crippen molar-refractivity contribution in [3.05, 3.63) is 82.3 Å². The molecule has 0 spiro atoms. The molecule has 3 aromatic rings. The van der Waals surface area contributed by atoms with Gasteiger partial charge in [-0.15, -0.1) is 0 Å². The molecule has 3 heterocycles. The molecule has 1 amide bonds. The van der Waals surface area contributed by atoms with E-state index in [1.165, 1.54) is 11.6 Å². The largest absolute Gasteiger partial charge is 0.326 e. The standard InChI is InChI=1S/C25H26N4O2/c1-16-10-22(30)28-24(26-16)18-8-5-9-21(12-18)27-25(31)23-19-11-20(23)15-29(14-19)13-17-6-3-2-4-7-17/h2-10,12,19-20,23H,11,13-15H2,1H3,(H,27,31)(H,26,28,30)/t19-,20-/m0/s1. The van der Waals surface area contributed by atoms with Gasteiger partial charge in [0, 0.05) is 48.6 Å². The summed E-state index contributed by atoms with van der Waals surface area (Å²) in [4.78, 5) is 34.4. The summed E-state index contributed by atoms with van der Waals surface area (Å²) in [7, 11) is 0. The number of aryl methyl sites for hydroxylation is 1. The van der Waals surface area contributed by atoms with E-state index in [9.17, 15) is 9.59 Å². The van der Waals surface area contributed by atoms with Crippen molar-refractivity contribution >= 4 is 11.6 Å². The number of amides is 1. The number of anilines is 1. The molecular formula is C25H26N4O2. The molecule has 2 bridgehead atoms. The molecule has 0 radical (unpaired) electrons. The van der Waals surface area contributed by atoms with Gasteiger partial charge in [0.1, 0.15) is 5.82 Å². The number of H-pyrrole nitrogens is 1. The highest BCUT2D eigenvalue weighted by Gasteiger charge is 2.50. The summed E-state index contributed by atoms with van der Waals surface area (Å²) >= 11 is 0. The first-order chi connectivity index (χ1) is 15.0. The molecule has 6 heteroatoms. The van der Waals surface area contributed by atoms with Crippen molar-refractivity contribution < 1.29 is 4.79 Å². The first kappa shape index (κ1) is 19.7. The number of carbonyl (C=O) groups is 1. The van der Waals surface area contributed by atoms with Gasteiger partial charge in [-0.25, -0.2) is 4.98 Å². The molecule has 2 N–H and O–H groups in total. The number of fused-ring (bicyclic) bond motifs is 2. The van der Waals surface area contributed by atoms with Crippen molar-refractivity contribution in [3.8, 4) is 11.4 Å². The Morgan fingerprint density at radius 1 is 1.10 bits per heavy atom. The van der Waals surface area contributed by atoms with E-state index >= 15 is 0 Å². The van der Waals surface area contributed by atoms with Crippen molar-refractivity contribution in [2.24, 2.45) is 17.8 Å². The topological polar surface area (TPSA) is 78.1 Å². The van der Waals surface area contributed by atoms with Gasteiger partial charge in [-0.1, -0.05) is 42.5 Å². The fraction of sp³-hybridized carbons (Fsp3) is 0.320. The van der Waals surface area contributed by atoms with Crippen LogP contribution in [0.1, 0.15) is 17.7 Å². The number of nitrogens with zero attached hydrogens (tertiary/aromatic N) is 2. The van der Waals surface area contributed by atoms with E-state index in [0.29, 0.717) is 23.4 Å². The summed E-state index contributed by atoms with van der Waals surface area (Å²) in [6.45, 7) is 4.68. The van der Waals surface area contributed by atoms with Gasteiger partial charge in [0.05, 0.1) is 0 Å². The van der Waals surface area contributed by atoms with E-state index in [1.807, 2.05) is 30.3 Å². The van der Waals surface area contributed by atoms with Gasteiger partial charge in [0.15, 0.2) is 0 Å². The Morgan fingerprint density at radius 2 is 1.87 bits per heavy atom. The molecule has 6 rings (SSSR count). The van der Waals surface area contributed by atoms with Crippen LogP contribution in [0.2, 0.25) is 0 Å². The Hall–Kier alpha value is -3.25. The Balaban J connectivity index is 1.24. The lowest BCUT2D eigenvalue weighted by molar-refractivity contribution is -0.136. The van der Waals surface area contributed by atoms with Gasteiger partial charge in [0.25, 0.3) is 5.56 Å². The SMILES string of the molecule is Cc1cc(=O)[nH]c(-c2cccc(NC(=O)C3[C@H]4C[C@H]3CN(Cc3ccccc3)C4)c2)n1. The van der Waals surface area contributed by atoms with E-state index in [0.717, 1.165) is 37.3 Å². The summed E-state index contributed by atoms with van der Waals surface area (Å²) in [6.07, 6.45) is 1.14. The van der Waals surface area contributed by atoms with Crippen LogP contribution in [0.25, 0.3) is 11.4 Å². The maximum atomic E-state index is 13.0. The molecule has 3 aliphatic rings. The molecule has 3 fully saturated rings. The first-order valence-corrected chi connectivity index (χ1v) is 10.8. The van der Waals surface area contributed by atoms with Crippen LogP contribution in [0, 0.1) is 24.7 Å². The maximum Gasteiger partial charge on any atom is 0.251 e. The number of nitrogens with one attached hydrogen (secondary N) is 2. The summed E-state index contributed by atoms with van der Waals surface area (Å²) in [5.74, 6) is 1.52. The highest BCUT2D eigenvalue weighted by Crippen LogP contribution is 2.46.